The van der Waals surface area contributed by atoms with Gasteiger partial charge in [0.05, 0.1) is 35.2 Å². The second-order valence-electron chi connectivity index (χ2n) is 6.82. The molecule has 31 heavy (non-hydrogen) atoms. The zero-order chi connectivity index (χ0) is 22.5. The van der Waals surface area contributed by atoms with E-state index in [-0.39, 0.29) is 40.2 Å². The van der Waals surface area contributed by atoms with Crippen molar-refractivity contribution in [2.24, 2.45) is 0 Å². The van der Waals surface area contributed by atoms with Gasteiger partial charge in [-0.2, -0.15) is 5.26 Å². The number of halogens is 2. The van der Waals surface area contributed by atoms with Crippen LogP contribution >= 0.6 is 23.4 Å². The van der Waals surface area contributed by atoms with Crippen LogP contribution in [0, 0.1) is 24.1 Å². The third kappa shape index (κ3) is 5.19. The second kappa shape index (κ2) is 9.86. The van der Waals surface area contributed by atoms with Crippen LogP contribution in [0.3, 0.4) is 0 Å². The number of anilines is 1. The van der Waals surface area contributed by atoms with Crippen LogP contribution in [-0.4, -0.2) is 24.7 Å². The number of benzene rings is 2. The Morgan fingerprint density at radius 1 is 1.42 bits per heavy atom. The summed E-state index contributed by atoms with van der Waals surface area (Å²) >= 11 is 7.09. The highest BCUT2D eigenvalue weighted by Crippen LogP contribution is 2.37. The number of nitrogens with zero attached hydrogens (tertiary/aromatic N) is 1. The summed E-state index contributed by atoms with van der Waals surface area (Å²) in [6.45, 7) is 1.80. The molecule has 0 fully saturated rings. The summed E-state index contributed by atoms with van der Waals surface area (Å²) in [5.41, 5.74) is 1.73. The van der Waals surface area contributed by atoms with E-state index in [1.807, 2.05) is 0 Å². The summed E-state index contributed by atoms with van der Waals surface area (Å²) in [6, 6.07) is 11.4. The number of methoxy groups -OCH3 is 1. The summed E-state index contributed by atoms with van der Waals surface area (Å²) in [4.78, 5) is 24.7. The smallest absolute Gasteiger partial charge is 0.234 e. The highest BCUT2D eigenvalue weighted by Gasteiger charge is 2.31. The Kier molecular flexibility index (Phi) is 7.21. The number of carbonyl (C=O) groups is 2. The second-order valence-corrected chi connectivity index (χ2v) is 8.21. The van der Waals surface area contributed by atoms with E-state index in [4.69, 9.17) is 16.3 Å². The summed E-state index contributed by atoms with van der Waals surface area (Å²) in [6.07, 6.45) is -0.0403. The van der Waals surface area contributed by atoms with E-state index in [9.17, 15) is 19.2 Å². The number of rotatable bonds is 6. The van der Waals surface area contributed by atoms with E-state index in [0.29, 0.717) is 16.5 Å². The third-order valence-electron chi connectivity index (χ3n) is 4.74. The van der Waals surface area contributed by atoms with Crippen LogP contribution in [0.1, 0.15) is 23.5 Å². The van der Waals surface area contributed by atoms with E-state index in [2.05, 4.69) is 16.7 Å². The van der Waals surface area contributed by atoms with Crippen LogP contribution in [0.2, 0.25) is 5.02 Å². The molecule has 6 nitrogen and oxygen atoms in total. The number of hydrogen-bond donors (Lipinski definition) is 2. The number of allylic oxidation sites excluding steroid dienone is 1. The molecule has 1 heterocycles. The first-order valence-electron chi connectivity index (χ1n) is 9.29. The number of nitrogens with one attached hydrogen (secondary N) is 2. The standard InChI is InChI=1S/C22H19ClFN3O3S/c1-12-7-18(19(30-2)9-16(12)23)26-21(29)11-31-22-15(10-25)14(8-20(28)27-22)13-5-3-4-6-17(13)24/h3-7,9,14H,8,11H2,1-2H3,(H,26,29)(H,27,28). The Balaban J connectivity index is 1.79. The minimum atomic E-state index is -0.704. The van der Waals surface area contributed by atoms with E-state index in [1.165, 1.54) is 13.2 Å². The first-order valence-corrected chi connectivity index (χ1v) is 10.7. The van der Waals surface area contributed by atoms with Gasteiger partial charge in [-0.3, -0.25) is 9.59 Å². The molecule has 1 atom stereocenters. The van der Waals surface area contributed by atoms with Gasteiger partial charge in [-0.15, -0.1) is 0 Å². The Morgan fingerprint density at radius 3 is 2.84 bits per heavy atom. The SMILES string of the molecule is COc1cc(Cl)c(C)cc1NC(=O)CSC1=C(C#N)C(c2ccccc2F)CC(=O)N1. The molecule has 1 aliphatic rings. The van der Waals surface area contributed by atoms with Crippen LogP contribution in [0.15, 0.2) is 47.0 Å². The van der Waals surface area contributed by atoms with Gasteiger partial charge in [0.15, 0.2) is 0 Å². The minimum Gasteiger partial charge on any atom is -0.495 e. The van der Waals surface area contributed by atoms with E-state index < -0.39 is 11.7 Å². The first-order chi connectivity index (χ1) is 14.8. The lowest BCUT2D eigenvalue weighted by Crippen LogP contribution is -2.31. The number of nitriles is 1. The molecule has 2 N–H and O–H groups in total. The number of amides is 2. The highest BCUT2D eigenvalue weighted by atomic mass is 35.5. The van der Waals surface area contributed by atoms with Gasteiger partial charge in [-0.05, 0) is 30.2 Å². The van der Waals surface area contributed by atoms with Gasteiger partial charge in [0, 0.05) is 23.4 Å². The van der Waals surface area contributed by atoms with Crippen molar-refractivity contribution < 1.29 is 18.7 Å². The molecule has 9 heteroatoms. The van der Waals surface area contributed by atoms with Crippen LogP contribution in [0.4, 0.5) is 10.1 Å². The zero-order valence-electron chi connectivity index (χ0n) is 16.8. The average molecular weight is 460 g/mol. The molecule has 2 aromatic carbocycles. The Bertz CT molecular complexity index is 1110. The number of carbonyl (C=O) groups excluding carboxylic acids is 2. The van der Waals surface area contributed by atoms with Crippen molar-refractivity contribution in [1.82, 2.24) is 5.32 Å². The summed E-state index contributed by atoms with van der Waals surface area (Å²) < 4.78 is 19.5. The molecule has 1 aliphatic heterocycles. The number of hydrogen-bond acceptors (Lipinski definition) is 5. The van der Waals surface area contributed by atoms with Crippen LogP contribution in [0.25, 0.3) is 0 Å². The molecule has 0 bridgehead atoms. The van der Waals surface area contributed by atoms with Gasteiger partial charge in [0.25, 0.3) is 0 Å². The molecule has 3 rings (SSSR count). The van der Waals surface area contributed by atoms with Gasteiger partial charge in [-0.1, -0.05) is 41.6 Å². The van der Waals surface area contributed by atoms with E-state index in [0.717, 1.165) is 17.3 Å². The van der Waals surface area contributed by atoms with Crippen LogP contribution in [-0.2, 0) is 9.59 Å². The van der Waals surface area contributed by atoms with Gasteiger partial charge >= 0.3 is 0 Å². The fourth-order valence-electron chi connectivity index (χ4n) is 3.21. The molecule has 160 valence electrons. The van der Waals surface area contributed by atoms with Crippen molar-refractivity contribution >= 4 is 40.9 Å². The van der Waals surface area contributed by atoms with Crippen molar-refractivity contribution in [2.45, 2.75) is 19.3 Å². The summed E-state index contributed by atoms with van der Waals surface area (Å²) in [5.74, 6) is -1.55. The average Bonchev–Trinajstić information content (AvgIpc) is 2.74. The molecular formula is C22H19ClFN3O3S. The zero-order valence-corrected chi connectivity index (χ0v) is 18.4. The normalized spacial score (nSPS) is 15.8. The molecule has 1 unspecified atom stereocenters. The lowest BCUT2D eigenvalue weighted by molar-refractivity contribution is -0.121. The lowest BCUT2D eigenvalue weighted by Gasteiger charge is -2.25. The van der Waals surface area contributed by atoms with Crippen molar-refractivity contribution in [3.05, 3.63) is 69.0 Å². The Hall–Kier alpha value is -3.02. The maximum Gasteiger partial charge on any atom is 0.234 e. The van der Waals surface area contributed by atoms with Crippen molar-refractivity contribution in [1.29, 1.82) is 5.26 Å². The topological polar surface area (TPSA) is 91.2 Å². The molecule has 2 aromatic rings. The van der Waals surface area contributed by atoms with Crippen LogP contribution in [0.5, 0.6) is 5.75 Å². The van der Waals surface area contributed by atoms with Crippen molar-refractivity contribution in [3.63, 3.8) is 0 Å². The van der Waals surface area contributed by atoms with Gasteiger partial charge in [0.1, 0.15) is 11.6 Å². The molecule has 2 amide bonds. The summed E-state index contributed by atoms with van der Waals surface area (Å²) in [5, 5.41) is 15.8. The monoisotopic (exact) mass is 459 g/mol. The molecular weight excluding hydrogens is 441 g/mol. The summed E-state index contributed by atoms with van der Waals surface area (Å²) in [7, 11) is 1.47. The Labute approximate surface area is 188 Å². The van der Waals surface area contributed by atoms with Crippen molar-refractivity contribution in [3.8, 4) is 11.8 Å². The molecule has 0 aliphatic carbocycles. The maximum atomic E-state index is 14.3. The van der Waals surface area contributed by atoms with Crippen molar-refractivity contribution in [2.75, 3.05) is 18.2 Å². The maximum absolute atomic E-state index is 14.3. The Morgan fingerprint density at radius 2 is 2.16 bits per heavy atom. The largest absolute Gasteiger partial charge is 0.495 e. The molecule has 0 saturated heterocycles. The molecule has 0 spiro atoms. The third-order valence-corrected chi connectivity index (χ3v) is 6.16. The van der Waals surface area contributed by atoms with E-state index in [1.54, 1.807) is 37.3 Å². The van der Waals surface area contributed by atoms with E-state index >= 15 is 0 Å². The predicted octanol–water partition coefficient (Wildman–Crippen LogP) is 4.51. The fraction of sp³-hybridized carbons (Fsp3) is 0.227. The predicted molar refractivity (Wildman–Crippen MR) is 118 cm³/mol. The number of thioether (sulfide) groups is 1. The molecule has 0 aromatic heterocycles. The number of ether oxygens (including phenoxy) is 1. The molecule has 0 saturated carbocycles. The fourth-order valence-corrected chi connectivity index (χ4v) is 4.24. The van der Waals surface area contributed by atoms with Gasteiger partial charge in [-0.25, -0.2) is 4.39 Å². The molecule has 0 radical (unpaired) electrons. The lowest BCUT2D eigenvalue weighted by atomic mass is 9.87. The van der Waals surface area contributed by atoms with Gasteiger partial charge in [0.2, 0.25) is 11.8 Å². The quantitative estimate of drug-likeness (QED) is 0.663. The first kappa shape index (κ1) is 22.7. The highest BCUT2D eigenvalue weighted by molar-refractivity contribution is 8.03. The number of aryl methyl sites for hydroxylation is 1. The minimum absolute atomic E-state index is 0.0403. The van der Waals surface area contributed by atoms with Crippen LogP contribution < -0.4 is 15.4 Å². The van der Waals surface area contributed by atoms with Gasteiger partial charge < -0.3 is 15.4 Å².